The second kappa shape index (κ2) is 7.63. The Kier molecular flexibility index (Phi) is 6.42. The second-order valence-electron chi connectivity index (χ2n) is 4.78. The van der Waals surface area contributed by atoms with Gasteiger partial charge in [-0.3, -0.25) is 4.79 Å². The summed E-state index contributed by atoms with van der Waals surface area (Å²) < 4.78 is 0. The Morgan fingerprint density at radius 2 is 2.12 bits per heavy atom. The number of hydrogen-bond donors (Lipinski definition) is 2. The molecule has 1 heterocycles. The molecule has 0 aromatic rings. The van der Waals surface area contributed by atoms with E-state index in [1.165, 1.54) is 25.9 Å². The number of nitrogens with one attached hydrogen (secondary N) is 1. The van der Waals surface area contributed by atoms with Crippen molar-refractivity contribution < 1.29 is 4.79 Å². The van der Waals surface area contributed by atoms with Gasteiger partial charge in [0.25, 0.3) is 0 Å². The zero-order valence-electron chi connectivity index (χ0n) is 10.4. The molecule has 0 radical (unpaired) electrons. The molecular weight excluding hydrogens is 202 g/mol. The van der Waals surface area contributed by atoms with Crippen LogP contribution in [0.3, 0.4) is 0 Å². The Labute approximate surface area is 98.6 Å². The molecule has 94 valence electrons. The predicted octanol–water partition coefficient (Wildman–Crippen LogP) is 0.573. The molecule has 4 nitrogen and oxygen atoms in total. The maximum atomic E-state index is 11.5. The van der Waals surface area contributed by atoms with Gasteiger partial charge < -0.3 is 16.0 Å². The average Bonchev–Trinajstić information content (AvgIpc) is 2.79. The maximum Gasteiger partial charge on any atom is 0.220 e. The number of rotatable bonds is 7. The maximum absolute atomic E-state index is 11.5. The predicted molar refractivity (Wildman–Crippen MR) is 66.1 cm³/mol. The number of carbonyl (C=O) groups is 1. The number of carbonyl (C=O) groups excluding carboxylic acids is 1. The van der Waals surface area contributed by atoms with E-state index in [4.69, 9.17) is 5.73 Å². The molecule has 0 saturated carbocycles. The summed E-state index contributed by atoms with van der Waals surface area (Å²) in [4.78, 5) is 13.9. The number of nitrogens with zero attached hydrogens (tertiary/aromatic N) is 1. The first-order chi connectivity index (χ1) is 7.72. The van der Waals surface area contributed by atoms with E-state index in [2.05, 4.69) is 17.1 Å². The molecule has 1 aliphatic heterocycles. The third-order valence-electron chi connectivity index (χ3n) is 3.22. The number of amides is 1. The minimum atomic E-state index is 0.166. The van der Waals surface area contributed by atoms with Crippen LogP contribution in [0, 0.1) is 5.92 Å². The number of hydrogen-bond acceptors (Lipinski definition) is 3. The van der Waals surface area contributed by atoms with Gasteiger partial charge in [-0.2, -0.15) is 0 Å². The standard InChI is InChI=1S/C12H25N3O/c1-11(10-13)4-5-12(16)14-6-9-15-7-2-3-8-15/h11H,2-10,13H2,1H3,(H,14,16). The molecule has 1 aliphatic rings. The highest BCUT2D eigenvalue weighted by molar-refractivity contribution is 5.75. The third kappa shape index (κ3) is 5.47. The lowest BCUT2D eigenvalue weighted by Crippen LogP contribution is -2.33. The van der Waals surface area contributed by atoms with Crippen LogP contribution in [0.2, 0.25) is 0 Å². The monoisotopic (exact) mass is 227 g/mol. The highest BCUT2D eigenvalue weighted by Gasteiger charge is 2.11. The van der Waals surface area contributed by atoms with Crippen LogP contribution in [-0.2, 0) is 4.79 Å². The SMILES string of the molecule is CC(CN)CCC(=O)NCCN1CCCC1. The van der Waals surface area contributed by atoms with Crippen LogP contribution >= 0.6 is 0 Å². The van der Waals surface area contributed by atoms with Crippen LogP contribution in [0.5, 0.6) is 0 Å². The molecule has 0 spiro atoms. The van der Waals surface area contributed by atoms with E-state index in [0.717, 1.165) is 19.5 Å². The van der Waals surface area contributed by atoms with E-state index in [0.29, 0.717) is 18.9 Å². The quantitative estimate of drug-likeness (QED) is 0.668. The van der Waals surface area contributed by atoms with Gasteiger partial charge in [-0.1, -0.05) is 6.92 Å². The van der Waals surface area contributed by atoms with E-state index in [9.17, 15) is 4.79 Å². The van der Waals surface area contributed by atoms with E-state index in [1.54, 1.807) is 0 Å². The molecule has 1 unspecified atom stereocenters. The van der Waals surface area contributed by atoms with Gasteiger partial charge in [0.2, 0.25) is 5.91 Å². The molecule has 1 atom stereocenters. The Bertz CT molecular complexity index is 202. The summed E-state index contributed by atoms with van der Waals surface area (Å²) in [5, 5.41) is 2.97. The first kappa shape index (κ1) is 13.5. The summed E-state index contributed by atoms with van der Waals surface area (Å²) in [7, 11) is 0. The number of likely N-dealkylation sites (tertiary alicyclic amines) is 1. The van der Waals surface area contributed by atoms with Gasteiger partial charge in [0.1, 0.15) is 0 Å². The molecule has 0 bridgehead atoms. The van der Waals surface area contributed by atoms with E-state index in [-0.39, 0.29) is 5.91 Å². The van der Waals surface area contributed by atoms with Crippen molar-refractivity contribution in [3.8, 4) is 0 Å². The molecule has 16 heavy (non-hydrogen) atoms. The van der Waals surface area contributed by atoms with Crippen molar-refractivity contribution in [2.75, 3.05) is 32.7 Å². The van der Waals surface area contributed by atoms with Crippen molar-refractivity contribution in [1.29, 1.82) is 0 Å². The van der Waals surface area contributed by atoms with Gasteiger partial charge in [0.15, 0.2) is 0 Å². The lowest BCUT2D eigenvalue weighted by atomic mass is 10.1. The lowest BCUT2D eigenvalue weighted by molar-refractivity contribution is -0.121. The summed E-state index contributed by atoms with van der Waals surface area (Å²) >= 11 is 0. The molecule has 1 saturated heterocycles. The molecule has 1 rings (SSSR count). The van der Waals surface area contributed by atoms with Crippen molar-refractivity contribution in [3.63, 3.8) is 0 Å². The summed E-state index contributed by atoms with van der Waals surface area (Å²) in [5.74, 6) is 0.615. The van der Waals surface area contributed by atoms with Crippen LogP contribution in [0.4, 0.5) is 0 Å². The van der Waals surface area contributed by atoms with Crippen molar-refractivity contribution in [1.82, 2.24) is 10.2 Å². The van der Waals surface area contributed by atoms with Gasteiger partial charge in [0, 0.05) is 19.5 Å². The Balaban J connectivity index is 1.97. The van der Waals surface area contributed by atoms with E-state index in [1.807, 2.05) is 0 Å². The fraction of sp³-hybridized carbons (Fsp3) is 0.917. The van der Waals surface area contributed by atoms with Gasteiger partial charge >= 0.3 is 0 Å². The highest BCUT2D eigenvalue weighted by Crippen LogP contribution is 2.06. The zero-order valence-corrected chi connectivity index (χ0v) is 10.4. The molecular formula is C12H25N3O. The fourth-order valence-electron chi connectivity index (χ4n) is 1.94. The van der Waals surface area contributed by atoms with Gasteiger partial charge in [-0.05, 0) is 44.8 Å². The zero-order chi connectivity index (χ0) is 11.8. The third-order valence-corrected chi connectivity index (χ3v) is 3.22. The highest BCUT2D eigenvalue weighted by atomic mass is 16.1. The lowest BCUT2D eigenvalue weighted by Gasteiger charge is -2.15. The molecule has 1 amide bonds. The Morgan fingerprint density at radius 3 is 2.75 bits per heavy atom. The minimum absolute atomic E-state index is 0.166. The Hall–Kier alpha value is -0.610. The smallest absolute Gasteiger partial charge is 0.220 e. The molecule has 0 aromatic carbocycles. The van der Waals surface area contributed by atoms with Gasteiger partial charge in [-0.15, -0.1) is 0 Å². The van der Waals surface area contributed by atoms with Crippen molar-refractivity contribution >= 4 is 5.91 Å². The van der Waals surface area contributed by atoms with E-state index < -0.39 is 0 Å². The summed E-state index contributed by atoms with van der Waals surface area (Å²) in [5.41, 5.74) is 5.50. The van der Waals surface area contributed by atoms with Crippen LogP contribution in [0.25, 0.3) is 0 Å². The molecule has 0 aliphatic carbocycles. The average molecular weight is 227 g/mol. The first-order valence-electron chi connectivity index (χ1n) is 6.41. The summed E-state index contributed by atoms with van der Waals surface area (Å²) in [6.45, 7) is 6.92. The van der Waals surface area contributed by atoms with Crippen LogP contribution < -0.4 is 11.1 Å². The fourth-order valence-corrected chi connectivity index (χ4v) is 1.94. The normalized spacial score (nSPS) is 18.6. The van der Waals surface area contributed by atoms with Crippen molar-refractivity contribution in [2.45, 2.75) is 32.6 Å². The first-order valence-corrected chi connectivity index (χ1v) is 6.41. The van der Waals surface area contributed by atoms with Crippen LogP contribution in [-0.4, -0.2) is 43.5 Å². The molecule has 3 N–H and O–H groups in total. The van der Waals surface area contributed by atoms with Gasteiger partial charge in [0.05, 0.1) is 0 Å². The van der Waals surface area contributed by atoms with Crippen LogP contribution in [0.15, 0.2) is 0 Å². The molecule has 0 aromatic heterocycles. The largest absolute Gasteiger partial charge is 0.355 e. The van der Waals surface area contributed by atoms with E-state index >= 15 is 0 Å². The summed E-state index contributed by atoms with van der Waals surface area (Å²) in [6, 6.07) is 0. The van der Waals surface area contributed by atoms with Gasteiger partial charge in [-0.25, -0.2) is 0 Å². The van der Waals surface area contributed by atoms with Crippen molar-refractivity contribution in [3.05, 3.63) is 0 Å². The summed E-state index contributed by atoms with van der Waals surface area (Å²) in [6.07, 6.45) is 4.12. The Morgan fingerprint density at radius 1 is 1.44 bits per heavy atom. The van der Waals surface area contributed by atoms with Crippen LogP contribution in [0.1, 0.15) is 32.6 Å². The van der Waals surface area contributed by atoms with Crippen molar-refractivity contribution in [2.24, 2.45) is 11.7 Å². The number of nitrogens with two attached hydrogens (primary N) is 1. The second-order valence-corrected chi connectivity index (χ2v) is 4.78. The minimum Gasteiger partial charge on any atom is -0.355 e. The molecule has 4 heteroatoms. The molecule has 1 fully saturated rings. The topological polar surface area (TPSA) is 58.4 Å².